The number of imide groups is 1. The van der Waals surface area contributed by atoms with E-state index in [0.717, 1.165) is 10.5 Å². The molecule has 1 atom stereocenters. The van der Waals surface area contributed by atoms with Crippen LogP contribution in [0.4, 0.5) is 15.0 Å². The number of amides is 3. The molecule has 2 aromatic rings. The fraction of sp³-hybridized carbons (Fsp3) is 0.300. The quantitative estimate of drug-likeness (QED) is 0.809. The van der Waals surface area contributed by atoms with Crippen LogP contribution in [-0.2, 0) is 20.9 Å². The molecular weight excluding hydrogens is 365 g/mol. The molecule has 1 aliphatic rings. The number of ether oxygens (including phenoxy) is 1. The van der Waals surface area contributed by atoms with Gasteiger partial charge in [-0.25, -0.2) is 19.1 Å². The van der Waals surface area contributed by atoms with Gasteiger partial charge in [-0.15, -0.1) is 0 Å². The zero-order chi connectivity index (χ0) is 20.3. The van der Waals surface area contributed by atoms with Crippen LogP contribution in [0.3, 0.4) is 0 Å². The summed E-state index contributed by atoms with van der Waals surface area (Å²) < 4.78 is 18.6. The van der Waals surface area contributed by atoms with Gasteiger partial charge in [-0.2, -0.15) is 0 Å². The highest BCUT2D eigenvalue weighted by atomic mass is 19.1. The number of benzene rings is 1. The summed E-state index contributed by atoms with van der Waals surface area (Å²) in [4.78, 5) is 43.6. The van der Waals surface area contributed by atoms with Crippen LogP contribution in [0.2, 0.25) is 0 Å². The molecule has 3 amide bonds. The van der Waals surface area contributed by atoms with Gasteiger partial charge in [0.2, 0.25) is 5.91 Å². The third-order valence-corrected chi connectivity index (χ3v) is 4.58. The van der Waals surface area contributed by atoms with Crippen LogP contribution >= 0.6 is 0 Å². The molecule has 3 rings (SSSR count). The fourth-order valence-corrected chi connectivity index (χ4v) is 2.99. The lowest BCUT2D eigenvalue weighted by molar-refractivity contribution is -0.132. The zero-order valence-corrected chi connectivity index (χ0v) is 15.6. The summed E-state index contributed by atoms with van der Waals surface area (Å²) >= 11 is 0. The Morgan fingerprint density at radius 3 is 2.64 bits per heavy atom. The van der Waals surface area contributed by atoms with E-state index >= 15 is 0 Å². The highest BCUT2D eigenvalue weighted by Gasteiger charge is 2.42. The first kappa shape index (κ1) is 19.5. The molecule has 2 heterocycles. The Morgan fingerprint density at radius 2 is 1.96 bits per heavy atom. The number of aryl methyl sites for hydroxylation is 1. The first-order chi connectivity index (χ1) is 13.4. The van der Waals surface area contributed by atoms with E-state index in [2.05, 4.69) is 4.98 Å². The van der Waals surface area contributed by atoms with Gasteiger partial charge in [-0.3, -0.25) is 14.5 Å². The second-order valence-corrected chi connectivity index (χ2v) is 6.49. The normalized spacial score (nSPS) is 16.2. The summed E-state index contributed by atoms with van der Waals surface area (Å²) in [6, 6.07) is 10.6. The zero-order valence-electron chi connectivity index (χ0n) is 15.6. The third-order valence-electron chi connectivity index (χ3n) is 4.58. The summed E-state index contributed by atoms with van der Waals surface area (Å²) in [5.74, 6) is -1.19. The molecule has 1 fully saturated rings. The maximum absolute atomic E-state index is 13.4. The molecule has 0 N–H and O–H groups in total. The summed E-state index contributed by atoms with van der Waals surface area (Å²) in [6.45, 7) is 1.49. The standard InChI is InChI=1S/C20H20FN3O4/c1-13-15(21)8-10-17(22-13)23(2)19(26)16-9-11-18(25)24(16)20(27)28-12-14-6-4-3-5-7-14/h3-8,10,16H,9,11-12H2,1-2H3/t16-/m0/s1. The molecule has 1 aromatic carbocycles. The lowest BCUT2D eigenvalue weighted by atomic mass is 10.2. The molecule has 146 valence electrons. The average molecular weight is 385 g/mol. The largest absolute Gasteiger partial charge is 0.444 e. The first-order valence-corrected chi connectivity index (χ1v) is 8.82. The molecule has 8 heteroatoms. The number of hydrogen-bond acceptors (Lipinski definition) is 5. The van der Waals surface area contributed by atoms with Gasteiger partial charge in [0.25, 0.3) is 5.91 Å². The number of likely N-dealkylation sites (tertiary alicyclic amines) is 1. The Kier molecular flexibility index (Phi) is 5.67. The number of halogens is 1. The number of carbonyl (C=O) groups is 3. The third kappa shape index (κ3) is 4.00. The molecule has 1 aliphatic heterocycles. The lowest BCUT2D eigenvalue weighted by Crippen LogP contribution is -2.48. The van der Waals surface area contributed by atoms with Crippen molar-refractivity contribution < 1.29 is 23.5 Å². The Balaban J connectivity index is 1.72. The van der Waals surface area contributed by atoms with Gasteiger partial charge >= 0.3 is 6.09 Å². The van der Waals surface area contributed by atoms with Crippen LogP contribution in [-0.4, -0.2) is 40.9 Å². The predicted octanol–water partition coefficient (Wildman–Crippen LogP) is 2.82. The summed E-state index contributed by atoms with van der Waals surface area (Å²) in [6.07, 6.45) is -0.593. The van der Waals surface area contributed by atoms with Gasteiger partial charge < -0.3 is 4.74 Å². The van der Waals surface area contributed by atoms with Crippen molar-refractivity contribution in [3.05, 3.63) is 59.5 Å². The first-order valence-electron chi connectivity index (χ1n) is 8.82. The van der Waals surface area contributed by atoms with Gasteiger partial charge in [0, 0.05) is 13.5 Å². The second-order valence-electron chi connectivity index (χ2n) is 6.49. The number of aromatic nitrogens is 1. The van der Waals surface area contributed by atoms with Crippen molar-refractivity contribution >= 4 is 23.7 Å². The minimum absolute atomic E-state index is 0.00108. The molecule has 1 aromatic heterocycles. The minimum Gasteiger partial charge on any atom is -0.444 e. The number of likely N-dealkylation sites (N-methyl/N-ethyl adjacent to an activating group) is 1. The minimum atomic E-state index is -0.979. The lowest BCUT2D eigenvalue weighted by Gasteiger charge is -2.26. The van der Waals surface area contributed by atoms with Crippen molar-refractivity contribution in [2.45, 2.75) is 32.4 Å². The molecule has 28 heavy (non-hydrogen) atoms. The van der Waals surface area contributed by atoms with Crippen molar-refractivity contribution in [1.82, 2.24) is 9.88 Å². The van der Waals surface area contributed by atoms with E-state index < -0.39 is 29.8 Å². The molecule has 0 aliphatic carbocycles. The maximum atomic E-state index is 13.4. The van der Waals surface area contributed by atoms with Crippen molar-refractivity contribution in [1.29, 1.82) is 0 Å². The topological polar surface area (TPSA) is 79.8 Å². The van der Waals surface area contributed by atoms with Gasteiger partial charge in [-0.1, -0.05) is 30.3 Å². The second kappa shape index (κ2) is 8.16. The number of carbonyl (C=O) groups excluding carboxylic acids is 3. The molecular formula is C20H20FN3O4. The number of anilines is 1. The van der Waals surface area contributed by atoms with Crippen LogP contribution in [0.15, 0.2) is 42.5 Å². The molecule has 7 nitrogen and oxygen atoms in total. The van der Waals surface area contributed by atoms with Gasteiger partial charge in [0.15, 0.2) is 0 Å². The van der Waals surface area contributed by atoms with Crippen molar-refractivity contribution in [3.8, 4) is 0 Å². The summed E-state index contributed by atoms with van der Waals surface area (Å²) in [7, 11) is 1.47. The fourth-order valence-electron chi connectivity index (χ4n) is 2.99. The molecule has 0 unspecified atom stereocenters. The Labute approximate surface area is 161 Å². The van der Waals surface area contributed by atoms with Crippen molar-refractivity contribution in [3.63, 3.8) is 0 Å². The number of pyridine rings is 1. The van der Waals surface area contributed by atoms with E-state index in [1.54, 1.807) is 12.1 Å². The van der Waals surface area contributed by atoms with Gasteiger partial charge in [-0.05, 0) is 31.0 Å². The Hall–Kier alpha value is -3.29. The highest BCUT2D eigenvalue weighted by molar-refractivity contribution is 6.05. The Morgan fingerprint density at radius 1 is 1.25 bits per heavy atom. The monoisotopic (exact) mass is 385 g/mol. The van der Waals surface area contributed by atoms with Crippen LogP contribution in [0.25, 0.3) is 0 Å². The highest BCUT2D eigenvalue weighted by Crippen LogP contribution is 2.24. The number of hydrogen-bond donors (Lipinski definition) is 0. The molecule has 0 spiro atoms. The van der Waals surface area contributed by atoms with E-state index in [1.807, 2.05) is 18.2 Å². The van der Waals surface area contributed by atoms with E-state index in [9.17, 15) is 18.8 Å². The van der Waals surface area contributed by atoms with Gasteiger partial charge in [0.05, 0.1) is 5.69 Å². The molecule has 0 bridgehead atoms. The van der Waals surface area contributed by atoms with Crippen LogP contribution in [0.1, 0.15) is 24.1 Å². The van der Waals surface area contributed by atoms with E-state index in [4.69, 9.17) is 4.74 Å². The van der Waals surface area contributed by atoms with Crippen molar-refractivity contribution in [2.24, 2.45) is 0 Å². The van der Waals surface area contributed by atoms with Crippen molar-refractivity contribution in [2.75, 3.05) is 11.9 Å². The summed E-state index contributed by atoms with van der Waals surface area (Å²) in [5, 5.41) is 0. The Bertz CT molecular complexity index is 904. The van der Waals surface area contributed by atoms with E-state index in [1.165, 1.54) is 31.0 Å². The molecule has 0 radical (unpaired) electrons. The average Bonchev–Trinajstić information content (AvgIpc) is 3.09. The predicted molar refractivity (Wildman–Crippen MR) is 98.8 cm³/mol. The smallest absolute Gasteiger partial charge is 0.417 e. The SMILES string of the molecule is Cc1nc(N(C)C(=O)[C@@H]2CCC(=O)N2C(=O)OCc2ccccc2)ccc1F. The maximum Gasteiger partial charge on any atom is 0.417 e. The van der Waals surface area contributed by atoms with Crippen LogP contribution in [0.5, 0.6) is 0 Å². The molecule has 0 saturated carbocycles. The van der Waals surface area contributed by atoms with E-state index in [0.29, 0.717) is 0 Å². The van der Waals surface area contributed by atoms with E-state index in [-0.39, 0.29) is 31.0 Å². The van der Waals surface area contributed by atoms with Crippen LogP contribution in [0, 0.1) is 12.7 Å². The number of nitrogens with zero attached hydrogens (tertiary/aromatic N) is 3. The summed E-state index contributed by atoms with van der Waals surface area (Å²) in [5.41, 5.74) is 0.923. The van der Waals surface area contributed by atoms with Crippen LogP contribution < -0.4 is 4.90 Å². The molecule has 1 saturated heterocycles. The van der Waals surface area contributed by atoms with Gasteiger partial charge in [0.1, 0.15) is 24.3 Å². The number of rotatable bonds is 4.